The van der Waals surface area contributed by atoms with Crippen LogP contribution < -0.4 is 0 Å². The molecule has 0 aliphatic heterocycles. The molecule has 0 fully saturated rings. The number of hydrogen-bond acceptors (Lipinski definition) is 6. The topological polar surface area (TPSA) is 59.9 Å². The van der Waals surface area contributed by atoms with E-state index in [1.807, 2.05) is 22.9 Å². The highest BCUT2D eigenvalue weighted by Gasteiger charge is 2.08. The van der Waals surface area contributed by atoms with Gasteiger partial charge in [0.05, 0.1) is 21.1 Å². The Morgan fingerprint density at radius 2 is 1.14 bits per heavy atom. The van der Waals surface area contributed by atoms with Crippen molar-refractivity contribution in [3.8, 4) is 22.5 Å². The molecule has 28 heavy (non-hydrogen) atoms. The van der Waals surface area contributed by atoms with Gasteiger partial charge in [-0.25, -0.2) is 0 Å². The van der Waals surface area contributed by atoms with E-state index in [0.717, 1.165) is 35.1 Å². The highest BCUT2D eigenvalue weighted by Crippen LogP contribution is 2.27. The van der Waals surface area contributed by atoms with Crippen molar-refractivity contribution in [1.82, 2.24) is 9.97 Å². The average Bonchev–Trinajstić information content (AvgIpc) is 3.37. The second kappa shape index (κ2) is 9.71. The molecule has 0 N–H and O–H groups in total. The summed E-state index contributed by atoms with van der Waals surface area (Å²) in [5.74, 6) is 0. The van der Waals surface area contributed by atoms with Crippen molar-refractivity contribution in [1.29, 1.82) is 0 Å². The molecule has 0 atom stereocenters. The van der Waals surface area contributed by atoms with Gasteiger partial charge < -0.3 is 0 Å². The van der Waals surface area contributed by atoms with Gasteiger partial charge in [-0.1, -0.05) is 23.2 Å². The Hall–Kier alpha value is -2.38. The molecular formula is C20H12Cl2N2O2S2. The molecule has 8 heteroatoms. The molecule has 4 heterocycles. The molecule has 0 spiro atoms. The summed E-state index contributed by atoms with van der Waals surface area (Å²) in [6, 6.07) is 10.6. The molecule has 4 rings (SSSR count). The maximum absolute atomic E-state index is 10.7. The first-order valence-electron chi connectivity index (χ1n) is 7.91. The van der Waals surface area contributed by atoms with Crippen LogP contribution in [0.1, 0.15) is 19.3 Å². The minimum absolute atomic E-state index is 0.623. The van der Waals surface area contributed by atoms with Crippen molar-refractivity contribution < 1.29 is 9.59 Å². The summed E-state index contributed by atoms with van der Waals surface area (Å²) in [5.41, 5.74) is 3.15. The van der Waals surface area contributed by atoms with Crippen LogP contribution in [0.5, 0.6) is 0 Å². The maximum Gasteiger partial charge on any atom is 0.160 e. The molecule has 0 saturated heterocycles. The second-order valence-electron chi connectivity index (χ2n) is 5.35. The SMILES string of the molecule is O=Cc1sccc1-c1cc(Cl)ccn1.O=Cc1sccc1-c1cc(Cl)ccn1. The van der Waals surface area contributed by atoms with Crippen LogP contribution in [0.25, 0.3) is 22.5 Å². The number of rotatable bonds is 4. The molecule has 0 saturated carbocycles. The van der Waals surface area contributed by atoms with E-state index in [4.69, 9.17) is 23.2 Å². The van der Waals surface area contributed by atoms with Crippen molar-refractivity contribution in [2.75, 3.05) is 0 Å². The predicted octanol–water partition coefficient (Wildman–Crippen LogP) is 6.55. The van der Waals surface area contributed by atoms with Crippen LogP contribution in [-0.2, 0) is 0 Å². The number of carbonyl (C=O) groups is 2. The Morgan fingerprint density at radius 1 is 0.714 bits per heavy atom. The van der Waals surface area contributed by atoms with Gasteiger partial charge in [0.2, 0.25) is 0 Å². The van der Waals surface area contributed by atoms with Gasteiger partial charge in [0.1, 0.15) is 0 Å². The summed E-state index contributed by atoms with van der Waals surface area (Å²) in [6.45, 7) is 0. The van der Waals surface area contributed by atoms with E-state index < -0.39 is 0 Å². The maximum atomic E-state index is 10.7. The van der Waals surface area contributed by atoms with Crippen molar-refractivity contribution in [2.45, 2.75) is 0 Å². The fourth-order valence-corrected chi connectivity index (χ4v) is 4.08. The summed E-state index contributed by atoms with van der Waals surface area (Å²) >= 11 is 14.5. The molecule has 0 radical (unpaired) electrons. The number of halogens is 2. The first-order valence-corrected chi connectivity index (χ1v) is 10.4. The van der Waals surface area contributed by atoms with Crippen LogP contribution in [-0.4, -0.2) is 22.5 Å². The quantitative estimate of drug-likeness (QED) is 0.333. The van der Waals surface area contributed by atoms with Gasteiger partial charge in [0.15, 0.2) is 12.6 Å². The van der Waals surface area contributed by atoms with Gasteiger partial charge in [-0.05, 0) is 47.2 Å². The van der Waals surface area contributed by atoms with Gasteiger partial charge in [-0.2, -0.15) is 0 Å². The fraction of sp³-hybridized carbons (Fsp3) is 0. The Kier molecular flexibility index (Phi) is 7.06. The molecule has 0 unspecified atom stereocenters. The highest BCUT2D eigenvalue weighted by atomic mass is 35.5. The van der Waals surface area contributed by atoms with Crippen LogP contribution in [0.4, 0.5) is 0 Å². The second-order valence-corrected chi connectivity index (χ2v) is 8.12. The Labute approximate surface area is 179 Å². The van der Waals surface area contributed by atoms with Crippen LogP contribution >= 0.6 is 45.9 Å². The number of thiophene rings is 2. The van der Waals surface area contributed by atoms with E-state index in [1.165, 1.54) is 22.7 Å². The van der Waals surface area contributed by atoms with Crippen molar-refractivity contribution in [3.05, 3.63) is 79.4 Å². The van der Waals surface area contributed by atoms with Crippen LogP contribution in [0.2, 0.25) is 10.0 Å². The number of aldehydes is 2. The summed E-state index contributed by atoms with van der Waals surface area (Å²) in [5, 5.41) is 4.97. The standard InChI is InChI=1S/2C10H6ClNOS/c2*11-7-1-3-12-9(5-7)8-2-4-14-10(8)6-13/h2*1-6H. The molecule has 4 aromatic rings. The molecule has 4 aromatic heterocycles. The van der Waals surface area contributed by atoms with Crippen LogP contribution in [0.3, 0.4) is 0 Å². The summed E-state index contributed by atoms with van der Waals surface area (Å²) in [4.78, 5) is 31.1. The van der Waals surface area contributed by atoms with E-state index in [0.29, 0.717) is 19.8 Å². The number of pyridine rings is 2. The van der Waals surface area contributed by atoms with Gasteiger partial charge in [-0.15, -0.1) is 22.7 Å². The summed E-state index contributed by atoms with van der Waals surface area (Å²) in [7, 11) is 0. The zero-order chi connectivity index (χ0) is 19.9. The number of carbonyl (C=O) groups excluding carboxylic acids is 2. The minimum Gasteiger partial charge on any atom is -0.297 e. The van der Waals surface area contributed by atoms with E-state index in [-0.39, 0.29) is 0 Å². The molecule has 0 amide bonds. The Balaban J connectivity index is 0.000000161. The van der Waals surface area contributed by atoms with E-state index in [2.05, 4.69) is 9.97 Å². The highest BCUT2D eigenvalue weighted by molar-refractivity contribution is 7.12. The Morgan fingerprint density at radius 3 is 1.50 bits per heavy atom. The van der Waals surface area contributed by atoms with Crippen molar-refractivity contribution in [2.24, 2.45) is 0 Å². The van der Waals surface area contributed by atoms with Crippen LogP contribution in [0, 0.1) is 0 Å². The van der Waals surface area contributed by atoms with Crippen molar-refractivity contribution >= 4 is 58.4 Å². The Bertz CT molecular complexity index is 1020. The molecule has 4 nitrogen and oxygen atoms in total. The molecule has 0 aliphatic rings. The molecule has 0 aliphatic carbocycles. The summed E-state index contributed by atoms with van der Waals surface area (Å²) < 4.78 is 0. The number of nitrogens with zero attached hydrogens (tertiary/aromatic N) is 2. The van der Waals surface area contributed by atoms with Gasteiger partial charge in [0, 0.05) is 33.6 Å². The van der Waals surface area contributed by atoms with E-state index in [9.17, 15) is 9.59 Å². The first-order chi connectivity index (χ1) is 13.6. The van der Waals surface area contributed by atoms with E-state index in [1.54, 1.807) is 36.7 Å². The number of hydrogen-bond donors (Lipinski definition) is 0. The molecule has 0 bridgehead atoms. The minimum atomic E-state index is 0.623. The number of aromatic nitrogens is 2. The van der Waals surface area contributed by atoms with Gasteiger partial charge in [0.25, 0.3) is 0 Å². The van der Waals surface area contributed by atoms with Gasteiger partial charge >= 0.3 is 0 Å². The predicted molar refractivity (Wildman–Crippen MR) is 116 cm³/mol. The lowest BCUT2D eigenvalue weighted by Crippen LogP contribution is -1.84. The van der Waals surface area contributed by atoms with Gasteiger partial charge in [-0.3, -0.25) is 19.6 Å². The molecule has 0 aromatic carbocycles. The average molecular weight is 447 g/mol. The summed E-state index contributed by atoms with van der Waals surface area (Å²) in [6.07, 6.45) is 4.93. The van der Waals surface area contributed by atoms with Crippen molar-refractivity contribution in [3.63, 3.8) is 0 Å². The smallest absolute Gasteiger partial charge is 0.160 e. The molecular weight excluding hydrogens is 435 g/mol. The largest absolute Gasteiger partial charge is 0.297 e. The lowest BCUT2D eigenvalue weighted by Gasteiger charge is -1.98. The first kappa shape index (κ1) is 20.4. The fourth-order valence-electron chi connectivity index (χ4n) is 2.35. The third kappa shape index (κ3) is 4.91. The lowest BCUT2D eigenvalue weighted by molar-refractivity contribution is 0.111. The lowest BCUT2D eigenvalue weighted by atomic mass is 10.2. The zero-order valence-electron chi connectivity index (χ0n) is 14.2. The third-order valence-electron chi connectivity index (χ3n) is 3.60. The normalized spacial score (nSPS) is 10.1. The van der Waals surface area contributed by atoms with Crippen LogP contribution in [0.15, 0.2) is 59.6 Å². The van der Waals surface area contributed by atoms with E-state index >= 15 is 0 Å². The molecule has 140 valence electrons. The monoisotopic (exact) mass is 446 g/mol. The third-order valence-corrected chi connectivity index (χ3v) is 5.75. The zero-order valence-corrected chi connectivity index (χ0v) is 17.4.